The van der Waals surface area contributed by atoms with E-state index >= 15 is 0 Å². The maximum Gasteiger partial charge on any atom is 0.330 e. The molecule has 0 N–H and O–H groups in total. The monoisotopic (exact) mass is 300 g/mol. The molecule has 0 unspecified atom stereocenters. The molecular weight excluding hydrogens is 268 g/mol. The van der Waals surface area contributed by atoms with Gasteiger partial charge in [-0.25, -0.2) is 4.79 Å². The summed E-state index contributed by atoms with van der Waals surface area (Å²) in [6.45, 7) is 11.4. The first-order valence-electron chi connectivity index (χ1n) is 8.07. The van der Waals surface area contributed by atoms with Gasteiger partial charge in [0.2, 0.25) is 0 Å². The van der Waals surface area contributed by atoms with Crippen molar-refractivity contribution >= 4 is 14.3 Å². The number of unbranched alkanes of at least 4 members (excludes halogenated alkanes) is 2. The van der Waals surface area contributed by atoms with E-state index in [-0.39, 0.29) is 5.97 Å². The van der Waals surface area contributed by atoms with Crippen LogP contribution in [0.2, 0.25) is 18.1 Å². The summed E-state index contributed by atoms with van der Waals surface area (Å²) in [6.07, 6.45) is 6.91. The molecule has 0 spiro atoms. The van der Waals surface area contributed by atoms with E-state index in [4.69, 9.17) is 9.16 Å². The first kappa shape index (κ1) is 19.4. The molecule has 0 radical (unpaired) electrons. The molecule has 0 aliphatic heterocycles. The maximum atomic E-state index is 10.9. The van der Waals surface area contributed by atoms with Crippen molar-refractivity contribution in [3.63, 3.8) is 0 Å². The molecule has 0 amide bonds. The Kier molecular flexibility index (Phi) is 11.8. The largest absolute Gasteiger partial charge is 0.463 e. The van der Waals surface area contributed by atoms with E-state index in [9.17, 15) is 4.79 Å². The molecular formula is C16H32O3Si. The molecule has 0 aliphatic carbocycles. The lowest BCUT2D eigenvalue weighted by molar-refractivity contribution is -0.137. The van der Waals surface area contributed by atoms with Gasteiger partial charge in [0.05, 0.1) is 6.61 Å². The van der Waals surface area contributed by atoms with Gasteiger partial charge in [0, 0.05) is 12.7 Å². The van der Waals surface area contributed by atoms with Crippen molar-refractivity contribution in [3.8, 4) is 0 Å². The Bertz CT molecular complexity index is 249. The highest BCUT2D eigenvalue weighted by atomic mass is 28.4. The maximum absolute atomic E-state index is 10.9. The average Bonchev–Trinajstić information content (AvgIpc) is 2.43. The zero-order valence-electron chi connectivity index (χ0n) is 13.6. The normalized spacial score (nSPS) is 11.3. The number of hydrogen-bond donors (Lipinski definition) is 0. The minimum Gasteiger partial charge on any atom is -0.463 e. The molecule has 3 nitrogen and oxygen atoms in total. The number of esters is 1. The van der Waals surface area contributed by atoms with Gasteiger partial charge >= 0.3 is 5.97 Å². The second-order valence-corrected chi connectivity index (χ2v) is 9.45. The second kappa shape index (κ2) is 12.2. The third-order valence-electron chi connectivity index (χ3n) is 3.55. The van der Waals surface area contributed by atoms with Gasteiger partial charge in [0.15, 0.2) is 8.32 Å². The summed E-state index contributed by atoms with van der Waals surface area (Å²) in [6, 6.07) is 3.80. The zero-order valence-corrected chi connectivity index (χ0v) is 14.6. The molecule has 0 bridgehead atoms. The van der Waals surface area contributed by atoms with Gasteiger partial charge in [-0.05, 0) is 31.5 Å². The van der Waals surface area contributed by atoms with Crippen molar-refractivity contribution in [1.29, 1.82) is 0 Å². The molecule has 0 heterocycles. The van der Waals surface area contributed by atoms with Crippen LogP contribution in [0.1, 0.15) is 52.9 Å². The van der Waals surface area contributed by atoms with E-state index in [1.54, 1.807) is 0 Å². The number of hydrogen-bond acceptors (Lipinski definition) is 3. The molecule has 0 rings (SSSR count). The number of carbonyl (C=O) groups excluding carboxylic acids is 1. The summed E-state index contributed by atoms with van der Waals surface area (Å²) in [7, 11) is -1.51. The van der Waals surface area contributed by atoms with Crippen molar-refractivity contribution < 1.29 is 14.0 Å². The minimum atomic E-state index is -1.51. The predicted molar refractivity (Wildman–Crippen MR) is 87.4 cm³/mol. The van der Waals surface area contributed by atoms with Gasteiger partial charge < -0.3 is 9.16 Å². The molecule has 118 valence electrons. The Balaban J connectivity index is 3.99. The van der Waals surface area contributed by atoms with E-state index in [2.05, 4.69) is 27.4 Å². The minimum absolute atomic E-state index is 0.319. The van der Waals surface area contributed by atoms with Crippen molar-refractivity contribution in [3.05, 3.63) is 12.7 Å². The SMILES string of the molecule is C=CC(=O)OCCCCC[Si](CCC)(CCC)OCC. The standard InChI is InChI=1S/C16H32O3Si/c1-5-13-20(14-6-2,19-8-4)15-11-9-10-12-18-16(17)7-3/h7H,3,5-6,8-15H2,1-2,4H3. The van der Waals surface area contributed by atoms with Crippen LogP contribution in [0.25, 0.3) is 0 Å². The highest BCUT2D eigenvalue weighted by Gasteiger charge is 2.31. The molecule has 20 heavy (non-hydrogen) atoms. The fraction of sp³-hybridized carbons (Fsp3) is 0.812. The van der Waals surface area contributed by atoms with Crippen LogP contribution in [0, 0.1) is 0 Å². The van der Waals surface area contributed by atoms with Gasteiger partial charge in [-0.1, -0.05) is 46.1 Å². The lowest BCUT2D eigenvalue weighted by Gasteiger charge is -2.30. The molecule has 4 heteroatoms. The van der Waals surface area contributed by atoms with Gasteiger partial charge in [-0.3, -0.25) is 0 Å². The number of rotatable bonds is 13. The zero-order chi connectivity index (χ0) is 15.3. The van der Waals surface area contributed by atoms with Crippen LogP contribution in [0.4, 0.5) is 0 Å². The molecule has 0 aliphatic rings. The third kappa shape index (κ3) is 8.54. The van der Waals surface area contributed by atoms with E-state index in [1.165, 1.54) is 43.5 Å². The van der Waals surface area contributed by atoms with Crippen molar-refractivity contribution in [2.45, 2.75) is 71.0 Å². The Morgan fingerprint density at radius 2 is 1.70 bits per heavy atom. The van der Waals surface area contributed by atoms with Crippen LogP contribution in [0.15, 0.2) is 12.7 Å². The summed E-state index contributed by atoms with van der Waals surface area (Å²) in [5.41, 5.74) is 0. The molecule has 0 aromatic heterocycles. The fourth-order valence-electron chi connectivity index (χ4n) is 2.77. The second-order valence-electron chi connectivity index (χ2n) is 5.30. The van der Waals surface area contributed by atoms with Crippen molar-refractivity contribution in [2.24, 2.45) is 0 Å². The Labute approximate surface area is 125 Å². The highest BCUT2D eigenvalue weighted by molar-refractivity contribution is 6.73. The molecule has 0 saturated carbocycles. The first-order chi connectivity index (χ1) is 9.64. The van der Waals surface area contributed by atoms with Crippen LogP contribution in [-0.4, -0.2) is 27.5 Å². The van der Waals surface area contributed by atoms with E-state index in [0.29, 0.717) is 6.61 Å². The lowest BCUT2D eigenvalue weighted by Crippen LogP contribution is -2.37. The van der Waals surface area contributed by atoms with E-state index in [0.717, 1.165) is 19.4 Å². The first-order valence-corrected chi connectivity index (χ1v) is 10.6. The van der Waals surface area contributed by atoms with Crippen molar-refractivity contribution in [1.82, 2.24) is 0 Å². The van der Waals surface area contributed by atoms with Crippen LogP contribution >= 0.6 is 0 Å². The smallest absolute Gasteiger partial charge is 0.330 e. The number of ether oxygens (including phenoxy) is 1. The highest BCUT2D eigenvalue weighted by Crippen LogP contribution is 2.28. The summed E-state index contributed by atoms with van der Waals surface area (Å²) < 4.78 is 11.2. The van der Waals surface area contributed by atoms with E-state index in [1.807, 2.05) is 0 Å². The molecule has 0 saturated heterocycles. The van der Waals surface area contributed by atoms with Gasteiger partial charge in [0.25, 0.3) is 0 Å². The topological polar surface area (TPSA) is 35.5 Å². The summed E-state index contributed by atoms with van der Waals surface area (Å²) >= 11 is 0. The van der Waals surface area contributed by atoms with Gasteiger partial charge in [-0.15, -0.1) is 0 Å². The van der Waals surface area contributed by atoms with E-state index < -0.39 is 8.32 Å². The lowest BCUT2D eigenvalue weighted by atomic mass is 10.3. The Morgan fingerprint density at radius 3 is 2.20 bits per heavy atom. The summed E-state index contributed by atoms with van der Waals surface area (Å²) in [5, 5.41) is 0. The summed E-state index contributed by atoms with van der Waals surface area (Å²) in [4.78, 5) is 10.9. The van der Waals surface area contributed by atoms with Crippen LogP contribution in [-0.2, 0) is 14.0 Å². The van der Waals surface area contributed by atoms with Crippen LogP contribution in [0.3, 0.4) is 0 Å². The molecule has 0 fully saturated rings. The molecule has 0 atom stereocenters. The molecule has 0 aromatic carbocycles. The molecule has 0 aromatic rings. The Hall–Kier alpha value is -0.613. The van der Waals surface area contributed by atoms with Crippen LogP contribution in [0.5, 0.6) is 0 Å². The average molecular weight is 301 g/mol. The summed E-state index contributed by atoms with van der Waals surface area (Å²) in [5.74, 6) is -0.319. The third-order valence-corrected chi connectivity index (χ3v) is 8.54. The fourth-order valence-corrected chi connectivity index (χ4v) is 7.28. The van der Waals surface area contributed by atoms with Gasteiger partial charge in [0.1, 0.15) is 0 Å². The van der Waals surface area contributed by atoms with Crippen LogP contribution < -0.4 is 0 Å². The predicted octanol–water partition coefficient (Wildman–Crippen LogP) is 4.69. The van der Waals surface area contributed by atoms with Gasteiger partial charge in [-0.2, -0.15) is 0 Å². The van der Waals surface area contributed by atoms with Crippen molar-refractivity contribution in [2.75, 3.05) is 13.2 Å². The number of carbonyl (C=O) groups is 1. The Morgan fingerprint density at radius 1 is 1.05 bits per heavy atom. The quantitative estimate of drug-likeness (QED) is 0.214.